The fraction of sp³-hybridized carbons (Fsp3) is 0.278. The summed E-state index contributed by atoms with van der Waals surface area (Å²) in [5.41, 5.74) is 0.684. The van der Waals surface area contributed by atoms with E-state index in [1.54, 1.807) is 6.07 Å². The number of likely N-dealkylation sites (N-methyl/N-ethyl adjacent to an activating group) is 1. The average Bonchev–Trinajstić information content (AvgIpc) is 2.55. The van der Waals surface area contributed by atoms with Crippen molar-refractivity contribution >= 4 is 11.6 Å². The summed E-state index contributed by atoms with van der Waals surface area (Å²) in [6.45, 7) is 3.45. The monoisotopic (exact) mass is 314 g/mol. The van der Waals surface area contributed by atoms with Gasteiger partial charge in [-0.3, -0.25) is 9.69 Å². The molecule has 0 saturated heterocycles. The molecule has 2 aromatic carbocycles. The summed E-state index contributed by atoms with van der Waals surface area (Å²) in [6.07, 6.45) is 0. The molecule has 0 aromatic heterocycles. The zero-order chi connectivity index (χ0) is 16.5. The third-order valence-corrected chi connectivity index (χ3v) is 3.33. The van der Waals surface area contributed by atoms with Gasteiger partial charge in [0, 0.05) is 18.3 Å². The molecular weight excluding hydrogens is 292 g/mol. The van der Waals surface area contributed by atoms with E-state index in [1.807, 2.05) is 60.4 Å². The van der Waals surface area contributed by atoms with Crippen molar-refractivity contribution in [1.29, 1.82) is 0 Å². The SMILES string of the molecule is CCN(CCO)CC(=O)Nc1cccc(Oc2ccccc2)c1. The third kappa shape index (κ3) is 5.73. The van der Waals surface area contributed by atoms with Crippen LogP contribution in [0.4, 0.5) is 5.69 Å². The number of nitrogens with zero attached hydrogens (tertiary/aromatic N) is 1. The van der Waals surface area contributed by atoms with Crippen LogP contribution in [0, 0.1) is 0 Å². The van der Waals surface area contributed by atoms with Gasteiger partial charge in [-0.25, -0.2) is 0 Å². The lowest BCUT2D eigenvalue weighted by Gasteiger charge is -2.18. The topological polar surface area (TPSA) is 61.8 Å². The Morgan fingerprint density at radius 1 is 1.13 bits per heavy atom. The molecule has 0 saturated carbocycles. The van der Waals surface area contributed by atoms with Crippen LogP contribution in [0.25, 0.3) is 0 Å². The molecule has 5 heteroatoms. The summed E-state index contributed by atoms with van der Waals surface area (Å²) in [4.78, 5) is 13.9. The summed E-state index contributed by atoms with van der Waals surface area (Å²) >= 11 is 0. The summed E-state index contributed by atoms with van der Waals surface area (Å²) in [5, 5.41) is 11.8. The Morgan fingerprint density at radius 3 is 2.57 bits per heavy atom. The smallest absolute Gasteiger partial charge is 0.238 e. The first-order valence-corrected chi connectivity index (χ1v) is 7.67. The summed E-state index contributed by atoms with van der Waals surface area (Å²) < 4.78 is 5.75. The molecule has 122 valence electrons. The van der Waals surface area contributed by atoms with E-state index in [9.17, 15) is 4.79 Å². The second-order valence-electron chi connectivity index (χ2n) is 5.08. The van der Waals surface area contributed by atoms with E-state index in [1.165, 1.54) is 0 Å². The Morgan fingerprint density at radius 2 is 1.87 bits per heavy atom. The lowest BCUT2D eigenvalue weighted by atomic mass is 10.3. The number of carbonyl (C=O) groups is 1. The number of anilines is 1. The lowest BCUT2D eigenvalue weighted by Crippen LogP contribution is -2.35. The standard InChI is InChI=1S/C18H22N2O3/c1-2-20(11-12-21)14-18(22)19-15-7-6-10-17(13-15)23-16-8-4-3-5-9-16/h3-10,13,21H,2,11-12,14H2,1H3,(H,19,22). The van der Waals surface area contributed by atoms with Crippen molar-refractivity contribution in [3.05, 3.63) is 54.6 Å². The minimum absolute atomic E-state index is 0.0432. The molecule has 5 nitrogen and oxygen atoms in total. The van der Waals surface area contributed by atoms with Gasteiger partial charge in [0.25, 0.3) is 0 Å². The zero-order valence-corrected chi connectivity index (χ0v) is 13.2. The van der Waals surface area contributed by atoms with Crippen molar-refractivity contribution in [2.75, 3.05) is 31.6 Å². The maximum Gasteiger partial charge on any atom is 0.238 e. The second-order valence-corrected chi connectivity index (χ2v) is 5.08. The van der Waals surface area contributed by atoms with Crippen LogP contribution in [-0.2, 0) is 4.79 Å². The number of hydrogen-bond donors (Lipinski definition) is 2. The van der Waals surface area contributed by atoms with Gasteiger partial charge < -0.3 is 15.2 Å². The number of rotatable bonds is 8. The lowest BCUT2D eigenvalue weighted by molar-refractivity contribution is -0.117. The van der Waals surface area contributed by atoms with Crippen LogP contribution >= 0.6 is 0 Å². The number of amides is 1. The van der Waals surface area contributed by atoms with E-state index in [0.29, 0.717) is 24.5 Å². The van der Waals surface area contributed by atoms with Gasteiger partial charge in [0.05, 0.1) is 13.2 Å². The second kappa shape index (κ2) is 8.92. The summed E-state index contributed by atoms with van der Waals surface area (Å²) in [7, 11) is 0. The van der Waals surface area contributed by atoms with Gasteiger partial charge in [0.1, 0.15) is 11.5 Å². The van der Waals surface area contributed by atoms with Crippen molar-refractivity contribution in [3.8, 4) is 11.5 Å². The highest BCUT2D eigenvalue weighted by Gasteiger charge is 2.09. The molecule has 0 atom stereocenters. The number of aliphatic hydroxyl groups is 1. The van der Waals surface area contributed by atoms with Gasteiger partial charge in [-0.05, 0) is 30.8 Å². The third-order valence-electron chi connectivity index (χ3n) is 3.33. The molecule has 23 heavy (non-hydrogen) atoms. The molecule has 0 aliphatic carbocycles. The van der Waals surface area contributed by atoms with Crippen LogP contribution in [0.2, 0.25) is 0 Å². The van der Waals surface area contributed by atoms with E-state index < -0.39 is 0 Å². The van der Waals surface area contributed by atoms with Crippen molar-refractivity contribution in [1.82, 2.24) is 4.90 Å². The molecule has 1 amide bonds. The number of hydrogen-bond acceptors (Lipinski definition) is 4. The predicted molar refractivity (Wildman–Crippen MR) is 90.8 cm³/mol. The van der Waals surface area contributed by atoms with Gasteiger partial charge >= 0.3 is 0 Å². The van der Waals surface area contributed by atoms with Gasteiger partial charge in [-0.15, -0.1) is 0 Å². The number of ether oxygens (including phenoxy) is 1. The zero-order valence-electron chi connectivity index (χ0n) is 13.2. The van der Waals surface area contributed by atoms with E-state index in [0.717, 1.165) is 5.75 Å². The van der Waals surface area contributed by atoms with Crippen LogP contribution in [-0.4, -0.2) is 42.2 Å². The molecule has 0 aliphatic heterocycles. The highest BCUT2D eigenvalue weighted by molar-refractivity contribution is 5.92. The van der Waals surface area contributed by atoms with E-state index >= 15 is 0 Å². The number of aliphatic hydroxyl groups excluding tert-OH is 1. The minimum Gasteiger partial charge on any atom is -0.457 e. The van der Waals surface area contributed by atoms with Crippen molar-refractivity contribution in [3.63, 3.8) is 0 Å². The van der Waals surface area contributed by atoms with Crippen LogP contribution in [0.3, 0.4) is 0 Å². The normalized spacial score (nSPS) is 10.6. The summed E-state index contributed by atoms with van der Waals surface area (Å²) in [6, 6.07) is 16.8. The van der Waals surface area contributed by atoms with Gasteiger partial charge in [-0.2, -0.15) is 0 Å². The molecule has 2 aromatic rings. The number of benzene rings is 2. The largest absolute Gasteiger partial charge is 0.457 e. The molecule has 0 radical (unpaired) electrons. The molecule has 0 fully saturated rings. The maximum absolute atomic E-state index is 12.1. The number of nitrogens with one attached hydrogen (secondary N) is 1. The Bertz CT molecular complexity index is 617. The minimum atomic E-state index is -0.114. The van der Waals surface area contributed by atoms with Crippen molar-refractivity contribution in [2.45, 2.75) is 6.92 Å². The van der Waals surface area contributed by atoms with Crippen molar-refractivity contribution < 1.29 is 14.6 Å². The van der Waals surface area contributed by atoms with Crippen LogP contribution in [0.15, 0.2) is 54.6 Å². The van der Waals surface area contributed by atoms with Crippen LogP contribution in [0.5, 0.6) is 11.5 Å². The molecule has 0 heterocycles. The maximum atomic E-state index is 12.1. The highest BCUT2D eigenvalue weighted by atomic mass is 16.5. The van der Waals surface area contributed by atoms with Crippen molar-refractivity contribution in [2.24, 2.45) is 0 Å². The van der Waals surface area contributed by atoms with Crippen LogP contribution in [0.1, 0.15) is 6.92 Å². The fourth-order valence-electron chi connectivity index (χ4n) is 2.16. The van der Waals surface area contributed by atoms with E-state index in [2.05, 4.69) is 5.32 Å². The number of carbonyl (C=O) groups excluding carboxylic acids is 1. The Labute approximate surface area is 136 Å². The predicted octanol–water partition coefficient (Wildman–Crippen LogP) is 2.73. The molecule has 0 unspecified atom stereocenters. The van der Waals surface area contributed by atoms with Crippen LogP contribution < -0.4 is 10.1 Å². The fourth-order valence-corrected chi connectivity index (χ4v) is 2.16. The molecule has 2 rings (SSSR count). The van der Waals surface area contributed by atoms with Gasteiger partial charge in [0.15, 0.2) is 0 Å². The molecule has 0 aliphatic rings. The van der Waals surface area contributed by atoms with E-state index in [4.69, 9.17) is 9.84 Å². The van der Waals surface area contributed by atoms with Gasteiger partial charge in [-0.1, -0.05) is 31.2 Å². The molecule has 0 bridgehead atoms. The van der Waals surface area contributed by atoms with Gasteiger partial charge in [0.2, 0.25) is 5.91 Å². The highest BCUT2D eigenvalue weighted by Crippen LogP contribution is 2.23. The molecule has 2 N–H and O–H groups in total. The quantitative estimate of drug-likeness (QED) is 0.786. The molecular formula is C18H22N2O3. The first-order chi connectivity index (χ1) is 11.2. The Kier molecular flexibility index (Phi) is 6.59. The Hall–Kier alpha value is -2.37. The van der Waals surface area contributed by atoms with E-state index in [-0.39, 0.29) is 19.1 Å². The molecule has 0 spiro atoms. The average molecular weight is 314 g/mol. The first-order valence-electron chi connectivity index (χ1n) is 7.67. The Balaban J connectivity index is 1.95. The number of para-hydroxylation sites is 1. The first kappa shape index (κ1) is 17.0. The summed E-state index contributed by atoms with van der Waals surface area (Å²) in [5.74, 6) is 1.30.